The van der Waals surface area contributed by atoms with E-state index in [1.807, 2.05) is 13.0 Å². The zero-order valence-corrected chi connectivity index (χ0v) is 10.6. The highest BCUT2D eigenvalue weighted by atomic mass is 28.3. The monoisotopic (exact) mass is 218 g/mol. The molecule has 15 heavy (non-hydrogen) atoms. The lowest BCUT2D eigenvalue weighted by Gasteiger charge is -2.08. The minimum atomic E-state index is -1.22. The van der Waals surface area contributed by atoms with Crippen LogP contribution >= 0.6 is 0 Å². The van der Waals surface area contributed by atoms with Gasteiger partial charge in [0.15, 0.2) is 0 Å². The largest absolute Gasteiger partial charge is 0.407 e. The van der Waals surface area contributed by atoms with Gasteiger partial charge in [-0.2, -0.15) is 0 Å². The molecule has 0 saturated carbocycles. The molecule has 1 atom stereocenters. The predicted molar refractivity (Wildman–Crippen MR) is 67.2 cm³/mol. The number of hydrogen-bond donors (Lipinski definition) is 0. The molecule has 2 heteroatoms. The molecular weight excluding hydrogens is 200 g/mol. The predicted octanol–water partition coefficient (Wildman–Crippen LogP) is 2.55. The van der Waals surface area contributed by atoms with Crippen LogP contribution in [0.15, 0.2) is 30.3 Å². The molecular formula is C13H18OSi. The normalized spacial score (nSPS) is 11.6. The lowest BCUT2D eigenvalue weighted by molar-refractivity contribution is 0.332. The van der Waals surface area contributed by atoms with Gasteiger partial charge >= 0.3 is 0 Å². The third-order valence-corrected chi connectivity index (χ3v) is 4.22. The summed E-state index contributed by atoms with van der Waals surface area (Å²) in [6.07, 6.45) is 0.996. The van der Waals surface area contributed by atoms with Crippen LogP contribution in [0.1, 0.15) is 19.4 Å². The minimum absolute atomic E-state index is 0.809. The van der Waals surface area contributed by atoms with Gasteiger partial charge < -0.3 is 4.43 Å². The van der Waals surface area contributed by atoms with Crippen LogP contribution in [-0.2, 0) is 10.8 Å². The average molecular weight is 218 g/mol. The van der Waals surface area contributed by atoms with Crippen LogP contribution in [0, 0.1) is 11.5 Å². The van der Waals surface area contributed by atoms with Gasteiger partial charge in [-0.25, -0.2) is 0 Å². The molecule has 80 valence electrons. The summed E-state index contributed by atoms with van der Waals surface area (Å²) in [6.45, 7) is 4.85. The molecule has 0 amide bonds. The highest BCUT2D eigenvalue weighted by Gasteiger charge is 2.04. The quantitative estimate of drug-likeness (QED) is 0.545. The van der Waals surface area contributed by atoms with E-state index in [0.717, 1.165) is 19.1 Å². The van der Waals surface area contributed by atoms with Crippen LogP contribution in [0.4, 0.5) is 0 Å². The first-order valence-corrected chi connectivity index (χ1v) is 7.31. The number of benzene rings is 1. The first-order chi connectivity index (χ1) is 7.36. The van der Waals surface area contributed by atoms with Crippen molar-refractivity contribution in [1.82, 2.24) is 0 Å². The number of hydrogen-bond acceptors (Lipinski definition) is 1. The van der Waals surface area contributed by atoms with Crippen LogP contribution in [0.2, 0.25) is 6.04 Å². The minimum Gasteiger partial charge on any atom is -0.407 e. The Kier molecular flexibility index (Phi) is 5.83. The standard InChI is InChI=1S/C13H18OSi/c1-3-12-15(4-2)14-11-10-13-8-6-5-7-9-13/h5-9,15H,4,10-11H2,1-2H3. The van der Waals surface area contributed by atoms with Gasteiger partial charge in [0.05, 0.1) is 0 Å². The van der Waals surface area contributed by atoms with Crippen molar-refractivity contribution in [2.45, 2.75) is 26.3 Å². The maximum Gasteiger partial charge on any atom is 0.255 e. The molecule has 1 unspecified atom stereocenters. The molecule has 1 aromatic carbocycles. The zero-order chi connectivity index (χ0) is 10.9. The second-order valence-corrected chi connectivity index (χ2v) is 5.81. The van der Waals surface area contributed by atoms with Crippen molar-refractivity contribution in [2.24, 2.45) is 0 Å². The summed E-state index contributed by atoms with van der Waals surface area (Å²) >= 11 is 0. The topological polar surface area (TPSA) is 9.23 Å². The van der Waals surface area contributed by atoms with Crippen molar-refractivity contribution in [1.29, 1.82) is 0 Å². The third-order valence-electron chi connectivity index (χ3n) is 2.23. The van der Waals surface area contributed by atoms with Gasteiger partial charge in [0.1, 0.15) is 0 Å². The Balaban J connectivity index is 2.28. The van der Waals surface area contributed by atoms with E-state index in [9.17, 15) is 0 Å². The summed E-state index contributed by atoms with van der Waals surface area (Å²) in [7, 11) is -1.22. The van der Waals surface area contributed by atoms with Crippen molar-refractivity contribution in [2.75, 3.05) is 6.61 Å². The van der Waals surface area contributed by atoms with Crippen molar-refractivity contribution in [3.8, 4) is 11.5 Å². The molecule has 1 aromatic rings. The van der Waals surface area contributed by atoms with Crippen LogP contribution in [0.5, 0.6) is 0 Å². The van der Waals surface area contributed by atoms with Crippen molar-refractivity contribution < 1.29 is 4.43 Å². The van der Waals surface area contributed by atoms with E-state index in [1.54, 1.807) is 0 Å². The van der Waals surface area contributed by atoms with Crippen molar-refractivity contribution in [3.05, 3.63) is 35.9 Å². The molecule has 0 heterocycles. The smallest absolute Gasteiger partial charge is 0.255 e. The summed E-state index contributed by atoms with van der Waals surface area (Å²) in [5, 5.41) is 0. The maximum absolute atomic E-state index is 5.80. The fourth-order valence-electron chi connectivity index (χ4n) is 1.39. The SMILES string of the molecule is CC#C[SiH](CC)OCCc1ccccc1. The average Bonchev–Trinajstić information content (AvgIpc) is 2.29. The molecule has 0 radical (unpaired) electrons. The molecule has 0 N–H and O–H groups in total. The first-order valence-electron chi connectivity index (χ1n) is 5.44. The fourth-order valence-corrected chi connectivity index (χ4v) is 2.63. The lowest BCUT2D eigenvalue weighted by atomic mass is 10.2. The number of rotatable bonds is 5. The van der Waals surface area contributed by atoms with Gasteiger partial charge in [-0.05, 0) is 25.0 Å². The Labute approximate surface area is 94.2 Å². The molecule has 0 aromatic heterocycles. The summed E-state index contributed by atoms with van der Waals surface area (Å²) in [5.74, 6) is 2.95. The third kappa shape index (κ3) is 4.82. The molecule has 0 bridgehead atoms. The van der Waals surface area contributed by atoms with Gasteiger partial charge in [0.25, 0.3) is 9.04 Å². The van der Waals surface area contributed by atoms with E-state index in [2.05, 4.69) is 42.7 Å². The molecule has 0 aliphatic heterocycles. The van der Waals surface area contributed by atoms with E-state index in [0.29, 0.717) is 0 Å². The molecule has 0 aliphatic rings. The Bertz CT molecular complexity index is 323. The summed E-state index contributed by atoms with van der Waals surface area (Å²) in [4.78, 5) is 0. The van der Waals surface area contributed by atoms with Crippen molar-refractivity contribution in [3.63, 3.8) is 0 Å². The Hall–Kier alpha value is -1.04. The highest BCUT2D eigenvalue weighted by Crippen LogP contribution is 2.01. The Morgan fingerprint density at radius 3 is 2.60 bits per heavy atom. The molecule has 0 spiro atoms. The zero-order valence-electron chi connectivity index (χ0n) is 9.49. The fraction of sp³-hybridized carbons (Fsp3) is 0.385. The summed E-state index contributed by atoms with van der Waals surface area (Å²) < 4.78 is 5.80. The Morgan fingerprint density at radius 2 is 2.00 bits per heavy atom. The van der Waals surface area contributed by atoms with Gasteiger partial charge in [-0.3, -0.25) is 0 Å². The van der Waals surface area contributed by atoms with E-state index >= 15 is 0 Å². The summed E-state index contributed by atoms with van der Waals surface area (Å²) in [6, 6.07) is 11.5. The molecule has 0 saturated heterocycles. The van der Waals surface area contributed by atoms with E-state index < -0.39 is 9.04 Å². The first kappa shape index (κ1) is 12.0. The molecule has 1 rings (SSSR count). The maximum atomic E-state index is 5.80. The van der Waals surface area contributed by atoms with Crippen LogP contribution in [-0.4, -0.2) is 15.6 Å². The van der Waals surface area contributed by atoms with Crippen LogP contribution in [0.3, 0.4) is 0 Å². The van der Waals surface area contributed by atoms with E-state index in [-0.39, 0.29) is 0 Å². The molecule has 0 aliphatic carbocycles. The van der Waals surface area contributed by atoms with E-state index in [4.69, 9.17) is 4.43 Å². The van der Waals surface area contributed by atoms with Crippen molar-refractivity contribution >= 4 is 9.04 Å². The van der Waals surface area contributed by atoms with Crippen LogP contribution < -0.4 is 0 Å². The second-order valence-electron chi connectivity index (χ2n) is 3.40. The van der Waals surface area contributed by atoms with E-state index in [1.165, 1.54) is 5.56 Å². The van der Waals surface area contributed by atoms with Gasteiger partial charge in [-0.1, -0.05) is 37.3 Å². The van der Waals surface area contributed by atoms with Gasteiger partial charge in [0.2, 0.25) is 0 Å². The highest BCUT2D eigenvalue weighted by molar-refractivity contribution is 6.61. The van der Waals surface area contributed by atoms with Gasteiger partial charge in [0, 0.05) is 6.61 Å². The lowest BCUT2D eigenvalue weighted by Crippen LogP contribution is -2.16. The molecule has 0 fully saturated rings. The summed E-state index contributed by atoms with van der Waals surface area (Å²) in [5.41, 5.74) is 4.52. The van der Waals surface area contributed by atoms with Gasteiger partial charge in [-0.15, -0.1) is 11.5 Å². The van der Waals surface area contributed by atoms with Crippen LogP contribution in [0.25, 0.3) is 0 Å². The Morgan fingerprint density at radius 1 is 1.27 bits per heavy atom. The molecule has 1 nitrogen and oxygen atoms in total. The second kappa shape index (κ2) is 7.28.